The molecule has 37 heavy (non-hydrogen) atoms. The molecule has 218 valence electrons. The molecule has 0 amide bonds. The number of carbonyl (C=O) groups is 2. The fourth-order valence-electron chi connectivity index (χ4n) is 3.94. The first-order valence-corrected chi connectivity index (χ1v) is 13.7. The van der Waals surface area contributed by atoms with E-state index >= 15 is 0 Å². The topological polar surface area (TPSA) is 40.6 Å². The summed E-state index contributed by atoms with van der Waals surface area (Å²) in [5, 5.41) is 0. The summed E-state index contributed by atoms with van der Waals surface area (Å²) in [6.45, 7) is 4.61. The lowest BCUT2D eigenvalue weighted by Crippen LogP contribution is -2.31. The van der Waals surface area contributed by atoms with Gasteiger partial charge in [-0.2, -0.15) is 26.3 Å². The van der Waals surface area contributed by atoms with Crippen LogP contribution in [0.1, 0.15) is 116 Å². The molecule has 1 aliphatic rings. The van der Waals surface area contributed by atoms with E-state index in [1.807, 2.05) is 0 Å². The van der Waals surface area contributed by atoms with E-state index < -0.39 is 30.3 Å². The first kappa shape index (κ1) is 35.3. The number of hydrogen-bond acceptors (Lipinski definition) is 4. The molecule has 10 heteroatoms. The van der Waals surface area contributed by atoms with Gasteiger partial charge in [0.2, 0.25) is 11.6 Å². The molecule has 0 saturated heterocycles. The van der Waals surface area contributed by atoms with Gasteiger partial charge in [-0.15, -0.1) is 0 Å². The highest BCUT2D eigenvalue weighted by molar-refractivity contribution is 6.03. The molecule has 4 nitrogen and oxygen atoms in total. The quantitative estimate of drug-likeness (QED) is 0.0928. The van der Waals surface area contributed by atoms with Crippen LogP contribution in [0.4, 0.5) is 26.3 Å². The van der Waals surface area contributed by atoms with E-state index in [1.165, 1.54) is 109 Å². The van der Waals surface area contributed by atoms with E-state index in [4.69, 9.17) is 0 Å². The second kappa shape index (κ2) is 20.3. The fourth-order valence-corrected chi connectivity index (χ4v) is 3.94. The summed E-state index contributed by atoms with van der Waals surface area (Å²) in [5.41, 5.74) is 0. The zero-order valence-corrected chi connectivity index (χ0v) is 22.6. The van der Waals surface area contributed by atoms with Crippen LogP contribution in [0.3, 0.4) is 0 Å². The summed E-state index contributed by atoms with van der Waals surface area (Å²) < 4.78 is 68.0. The van der Waals surface area contributed by atoms with Gasteiger partial charge < -0.3 is 9.80 Å². The number of ketones is 2. The van der Waals surface area contributed by atoms with E-state index in [9.17, 15) is 35.9 Å². The first-order chi connectivity index (χ1) is 17.4. The van der Waals surface area contributed by atoms with Gasteiger partial charge in [0, 0.05) is 26.0 Å². The van der Waals surface area contributed by atoms with E-state index in [-0.39, 0.29) is 0 Å². The van der Waals surface area contributed by atoms with Crippen LogP contribution >= 0.6 is 0 Å². The Hall–Kier alpha value is -1.74. The Kier molecular flexibility index (Phi) is 19.3. The van der Waals surface area contributed by atoms with Gasteiger partial charge in [0.15, 0.2) is 0 Å². The van der Waals surface area contributed by atoms with Crippen LogP contribution in [-0.4, -0.2) is 54.0 Å². The molecule has 0 radical (unpaired) electrons. The molecular formula is C27H46F6N2O2. The van der Waals surface area contributed by atoms with E-state index in [0.717, 1.165) is 6.67 Å². The monoisotopic (exact) mass is 544 g/mol. The Morgan fingerprint density at radius 1 is 0.622 bits per heavy atom. The first-order valence-electron chi connectivity index (χ1n) is 13.7. The van der Waals surface area contributed by atoms with Crippen molar-refractivity contribution in [3.8, 4) is 0 Å². The molecule has 0 N–H and O–H groups in total. The zero-order valence-electron chi connectivity index (χ0n) is 22.6. The van der Waals surface area contributed by atoms with Crippen molar-refractivity contribution in [2.24, 2.45) is 0 Å². The molecule has 0 spiro atoms. The molecule has 0 aliphatic carbocycles. The van der Waals surface area contributed by atoms with Crippen LogP contribution in [0.2, 0.25) is 0 Å². The highest BCUT2D eigenvalue weighted by Crippen LogP contribution is 2.23. The predicted molar refractivity (Wildman–Crippen MR) is 135 cm³/mol. The third-order valence-electron chi connectivity index (χ3n) is 6.19. The molecule has 1 heterocycles. The molecule has 0 aromatic heterocycles. The number of nitrogens with zero attached hydrogens (tertiary/aromatic N) is 2. The number of alkyl halides is 6. The van der Waals surface area contributed by atoms with Crippen LogP contribution in [0.5, 0.6) is 0 Å². The number of unbranched alkanes of at least 4 members (excludes halogenated alkanes) is 15. The van der Waals surface area contributed by atoms with Gasteiger partial charge in [-0.3, -0.25) is 9.59 Å². The van der Waals surface area contributed by atoms with Gasteiger partial charge in [0.25, 0.3) is 0 Å². The second-order valence-electron chi connectivity index (χ2n) is 9.83. The van der Waals surface area contributed by atoms with Gasteiger partial charge in [-0.05, 0) is 6.42 Å². The SMILES string of the molecule is CCCCCCCCCCCCCCCCCCN1C=CN(C)C1.O=C(CC(=O)C(F)(F)F)C(F)(F)F. The van der Waals surface area contributed by atoms with Crippen molar-refractivity contribution in [3.05, 3.63) is 12.4 Å². The van der Waals surface area contributed by atoms with Crippen molar-refractivity contribution in [2.75, 3.05) is 20.3 Å². The number of hydrogen-bond donors (Lipinski definition) is 0. The van der Waals surface area contributed by atoms with Crippen LogP contribution in [0, 0.1) is 0 Å². The Morgan fingerprint density at radius 3 is 1.27 bits per heavy atom. The zero-order chi connectivity index (χ0) is 28.2. The molecule has 0 aromatic carbocycles. The number of carbonyl (C=O) groups excluding carboxylic acids is 2. The molecule has 1 aliphatic heterocycles. The number of Topliss-reactive ketones (excluding diaryl/α,β-unsaturated/α-hetero) is 2. The average molecular weight is 545 g/mol. The maximum Gasteiger partial charge on any atom is 0.450 e. The van der Waals surface area contributed by atoms with Crippen molar-refractivity contribution < 1.29 is 35.9 Å². The van der Waals surface area contributed by atoms with Gasteiger partial charge in [-0.1, -0.05) is 103 Å². The Labute approximate surface area is 218 Å². The summed E-state index contributed by atoms with van der Waals surface area (Å²) in [5.74, 6) is -5.40. The molecule has 0 bridgehead atoms. The van der Waals surface area contributed by atoms with Crippen molar-refractivity contribution >= 4 is 11.6 Å². The largest absolute Gasteiger partial charge is 0.450 e. The van der Waals surface area contributed by atoms with Gasteiger partial charge >= 0.3 is 12.4 Å². The Morgan fingerprint density at radius 2 is 0.973 bits per heavy atom. The van der Waals surface area contributed by atoms with Crippen LogP contribution in [0.15, 0.2) is 12.4 Å². The Balaban J connectivity index is 0.000000845. The second-order valence-corrected chi connectivity index (χ2v) is 9.83. The van der Waals surface area contributed by atoms with Crippen molar-refractivity contribution in [3.63, 3.8) is 0 Å². The van der Waals surface area contributed by atoms with E-state index in [1.54, 1.807) is 0 Å². The maximum absolute atomic E-state index is 11.3. The third kappa shape index (κ3) is 20.9. The van der Waals surface area contributed by atoms with Gasteiger partial charge in [-0.25, -0.2) is 0 Å². The lowest BCUT2D eigenvalue weighted by atomic mass is 10.0. The van der Waals surface area contributed by atoms with Crippen molar-refractivity contribution in [2.45, 2.75) is 128 Å². The van der Waals surface area contributed by atoms with Crippen LogP contribution < -0.4 is 0 Å². The molecule has 0 aromatic rings. The number of halogens is 6. The lowest BCUT2D eigenvalue weighted by Gasteiger charge is -2.17. The summed E-state index contributed by atoms with van der Waals surface area (Å²) >= 11 is 0. The minimum Gasteiger partial charge on any atom is -0.362 e. The lowest BCUT2D eigenvalue weighted by molar-refractivity contribution is -0.182. The highest BCUT2D eigenvalue weighted by Gasteiger charge is 2.46. The predicted octanol–water partition coefficient (Wildman–Crippen LogP) is 8.56. The molecule has 1 rings (SSSR count). The molecular weight excluding hydrogens is 498 g/mol. The minimum atomic E-state index is -5.40. The van der Waals surface area contributed by atoms with Crippen molar-refractivity contribution in [1.29, 1.82) is 0 Å². The molecule has 0 unspecified atom stereocenters. The third-order valence-corrected chi connectivity index (χ3v) is 6.19. The average Bonchev–Trinajstić information content (AvgIpc) is 3.22. The maximum atomic E-state index is 11.3. The summed E-state index contributed by atoms with van der Waals surface area (Å²) in [6.07, 6.45) is 14.6. The Bertz CT molecular complexity index is 611. The standard InChI is InChI=1S/C22H44N2.C5H2F6O2/c1-3-4-5-6-7-8-9-10-11-12-13-14-15-16-17-18-19-24-21-20-23(2)22-24;6-4(7,8)2(12)1-3(13)5(9,10)11/h20-21H,3-19,22H2,1-2H3;1H2. The summed E-state index contributed by atoms with van der Waals surface area (Å²) in [7, 11) is 2.14. The minimum absolute atomic E-state index is 1.08. The smallest absolute Gasteiger partial charge is 0.362 e. The van der Waals surface area contributed by atoms with Crippen LogP contribution in [0.25, 0.3) is 0 Å². The summed E-state index contributed by atoms with van der Waals surface area (Å²) in [6, 6.07) is 0. The normalized spacial score (nSPS) is 13.6. The highest BCUT2D eigenvalue weighted by atomic mass is 19.4. The fraction of sp³-hybridized carbons (Fsp3) is 0.852. The van der Waals surface area contributed by atoms with Gasteiger partial charge in [0.1, 0.15) is 0 Å². The summed E-state index contributed by atoms with van der Waals surface area (Å²) in [4.78, 5) is 24.4. The van der Waals surface area contributed by atoms with Crippen molar-refractivity contribution in [1.82, 2.24) is 9.80 Å². The van der Waals surface area contributed by atoms with E-state index in [2.05, 4.69) is 36.2 Å². The number of rotatable bonds is 19. The molecule has 0 saturated carbocycles. The van der Waals surface area contributed by atoms with E-state index in [0.29, 0.717) is 0 Å². The van der Waals surface area contributed by atoms with Crippen LogP contribution in [-0.2, 0) is 9.59 Å². The molecule has 0 fully saturated rings. The molecule has 0 atom stereocenters. The van der Waals surface area contributed by atoms with Gasteiger partial charge in [0.05, 0.1) is 13.1 Å².